The summed E-state index contributed by atoms with van der Waals surface area (Å²) in [5.41, 5.74) is 4.26. The number of hydrogen-bond donors (Lipinski definition) is 7. The predicted molar refractivity (Wildman–Crippen MR) is 357 cm³/mol. The number of epoxide rings is 1. The summed E-state index contributed by atoms with van der Waals surface area (Å²) in [5.74, 6) is -2.02. The molecule has 6 amide bonds. The van der Waals surface area contributed by atoms with Crippen LogP contribution in [-0.4, -0.2) is 158 Å². The minimum Gasteiger partial charge on any atom is -0.508 e. The summed E-state index contributed by atoms with van der Waals surface area (Å²) >= 11 is 0. The SMILES string of the molecule is CCNC(=O)c1nnc(-c2cc(C(C)C)c(O)cc2O)n1-c1ccc(CN2CCC(C(=O)N3CCN(c4ccc(OC(=O)N[C@@H](CCc5ccccc5)C(=O)N[C@@H](CC(C)C)C(=O)N[C@@H](Cc5ccccc5)C(=O)N[C@@H](CC(C)C)C(=O)[C@@]5(C)CO5)cc4)CC3)CC2)cc1. The van der Waals surface area contributed by atoms with E-state index in [-0.39, 0.29) is 90.1 Å². The van der Waals surface area contributed by atoms with Crippen LogP contribution in [0.2, 0.25) is 0 Å². The van der Waals surface area contributed by atoms with Crippen molar-refractivity contribution in [2.24, 2.45) is 17.8 Å². The first-order valence-corrected chi connectivity index (χ1v) is 33.0. The highest BCUT2D eigenvalue weighted by atomic mass is 16.6. The van der Waals surface area contributed by atoms with Crippen LogP contribution >= 0.6 is 0 Å². The molecule has 0 bridgehead atoms. The molecule has 0 saturated carbocycles. The number of nitrogens with zero attached hydrogens (tertiary/aromatic N) is 6. The summed E-state index contributed by atoms with van der Waals surface area (Å²) in [7, 11) is 0. The average Bonchev–Trinajstić information content (AvgIpc) is 1.57. The number of carbonyl (C=O) groups excluding carboxylic acids is 7. The number of likely N-dealkylation sites (tertiary alicyclic amines) is 1. The van der Waals surface area contributed by atoms with E-state index in [0.717, 1.165) is 48.3 Å². The maximum absolute atomic E-state index is 14.4. The fourth-order valence-corrected chi connectivity index (χ4v) is 12.2. The summed E-state index contributed by atoms with van der Waals surface area (Å²) in [6.45, 7) is 20.3. The smallest absolute Gasteiger partial charge is 0.413 e. The van der Waals surface area contributed by atoms with Gasteiger partial charge in [0, 0.05) is 69.0 Å². The van der Waals surface area contributed by atoms with E-state index in [1.807, 2.05) is 150 Å². The number of phenolic OH excluding ortho intramolecular Hbond substituents is 2. The third-order valence-electron chi connectivity index (χ3n) is 17.6. The lowest BCUT2D eigenvalue weighted by Crippen LogP contribution is -2.59. The van der Waals surface area contributed by atoms with Crippen molar-refractivity contribution in [2.75, 3.05) is 57.3 Å². The van der Waals surface area contributed by atoms with E-state index < -0.39 is 59.5 Å². The van der Waals surface area contributed by atoms with E-state index in [9.17, 15) is 43.8 Å². The molecule has 0 radical (unpaired) electrons. The highest BCUT2D eigenvalue weighted by molar-refractivity contribution is 5.99. The molecule has 0 aliphatic carbocycles. The Bertz CT molecular complexity index is 3580. The van der Waals surface area contributed by atoms with Crippen molar-refractivity contribution in [2.45, 2.75) is 143 Å². The van der Waals surface area contributed by atoms with Crippen LogP contribution in [0.15, 0.2) is 121 Å². The number of aryl methyl sites for hydroxylation is 1. The minimum absolute atomic E-state index is 0.0330. The number of ether oxygens (including phenoxy) is 2. The fraction of sp³-hybridized carbons (Fsp3) is 0.458. The lowest BCUT2D eigenvalue weighted by atomic mass is 9.93. The highest BCUT2D eigenvalue weighted by Gasteiger charge is 2.50. The molecule has 94 heavy (non-hydrogen) atoms. The fourth-order valence-electron chi connectivity index (χ4n) is 12.2. The number of piperidine rings is 1. The molecule has 9 rings (SSSR count). The van der Waals surface area contributed by atoms with Crippen molar-refractivity contribution < 1.29 is 53.2 Å². The van der Waals surface area contributed by atoms with Gasteiger partial charge in [0.05, 0.1) is 18.2 Å². The first-order chi connectivity index (χ1) is 45.1. The third kappa shape index (κ3) is 18.2. The molecular weight excluding hydrogens is 1190 g/mol. The van der Waals surface area contributed by atoms with E-state index in [1.165, 1.54) is 6.07 Å². The van der Waals surface area contributed by atoms with Crippen molar-refractivity contribution >= 4 is 47.1 Å². The van der Waals surface area contributed by atoms with E-state index in [2.05, 4.69) is 46.6 Å². The summed E-state index contributed by atoms with van der Waals surface area (Å²) < 4.78 is 12.8. The van der Waals surface area contributed by atoms with Crippen LogP contribution in [0.25, 0.3) is 17.1 Å². The zero-order valence-corrected chi connectivity index (χ0v) is 55.2. The number of Topliss-reactive ketones (excluding diaryl/α,β-unsaturated/α-hetero) is 1. The van der Waals surface area contributed by atoms with Gasteiger partial charge in [-0.15, -0.1) is 10.2 Å². The second-order valence-electron chi connectivity index (χ2n) is 26.3. The van der Waals surface area contributed by atoms with Crippen molar-refractivity contribution in [1.29, 1.82) is 0 Å². The van der Waals surface area contributed by atoms with Crippen molar-refractivity contribution in [1.82, 2.24) is 51.1 Å². The van der Waals surface area contributed by atoms with Crippen molar-refractivity contribution in [3.63, 3.8) is 0 Å². The standard InChI is InChI=1S/C72H91N11O11/c1-9-73-69(90)65-79-78-64(56-41-55(47(6)7)61(84)42-62(56)85)83(65)53-23-20-50(21-24-53)43-80-32-30-51(31-33-80)70(91)82-36-34-81(35-37-82)52-25-27-54(28-26-52)94-71(92)77-57(29-22-48-16-12-10-13-17-48)66(87)75-59(39-46(4)5)67(88)76-60(40-49-18-14-11-15-19-49)68(89)74-58(38-45(2)3)63(86)72(8)44-93-72/h10-21,23-28,41-42,45-47,51,57-60,84-85H,9,22,29-40,43-44H2,1-8H3,(H,73,90)(H,74,89)(H,75,87)(H,76,88)(H,77,92)/t57-,58-,59-,60-,72+/m0/s1. The van der Waals surface area contributed by atoms with Crippen LogP contribution in [-0.2, 0) is 48.1 Å². The van der Waals surface area contributed by atoms with Crippen LogP contribution < -0.4 is 36.2 Å². The molecule has 3 aliphatic rings. The number of amides is 6. The molecule has 0 spiro atoms. The molecule has 3 saturated heterocycles. The van der Waals surface area contributed by atoms with Gasteiger partial charge in [-0.2, -0.15) is 0 Å². The number of piperazine rings is 1. The summed E-state index contributed by atoms with van der Waals surface area (Å²) in [6.07, 6.45) is 1.90. The number of phenols is 2. The Morgan fingerprint density at radius 2 is 1.21 bits per heavy atom. The molecule has 500 valence electrons. The molecule has 7 N–H and O–H groups in total. The Morgan fingerprint density at radius 3 is 1.82 bits per heavy atom. The van der Waals surface area contributed by atoms with Gasteiger partial charge in [-0.3, -0.25) is 38.2 Å². The number of aromatic hydroxyl groups is 2. The largest absolute Gasteiger partial charge is 0.508 e. The highest BCUT2D eigenvalue weighted by Crippen LogP contribution is 2.39. The Kier molecular flexibility index (Phi) is 23.3. The molecule has 3 aliphatic heterocycles. The number of ketones is 1. The van der Waals surface area contributed by atoms with Crippen molar-refractivity contribution in [3.05, 3.63) is 149 Å². The van der Waals surface area contributed by atoms with Gasteiger partial charge in [0.2, 0.25) is 29.5 Å². The van der Waals surface area contributed by atoms with Crippen LogP contribution in [0, 0.1) is 17.8 Å². The van der Waals surface area contributed by atoms with Crippen LogP contribution in [0.3, 0.4) is 0 Å². The number of aromatic nitrogens is 3. The Balaban J connectivity index is 0.771. The van der Waals surface area contributed by atoms with Crippen LogP contribution in [0.4, 0.5) is 10.5 Å². The van der Waals surface area contributed by atoms with Gasteiger partial charge in [0.1, 0.15) is 41.0 Å². The summed E-state index contributed by atoms with van der Waals surface area (Å²) in [4.78, 5) is 104. The van der Waals surface area contributed by atoms with Gasteiger partial charge in [-0.05, 0) is 148 Å². The third-order valence-corrected chi connectivity index (χ3v) is 17.6. The molecule has 22 heteroatoms. The minimum atomic E-state index is -1.13. The Hall–Kier alpha value is -9.15. The molecule has 22 nitrogen and oxygen atoms in total. The summed E-state index contributed by atoms with van der Waals surface area (Å²) in [6, 6.07) is 32.4. The first kappa shape index (κ1) is 69.2. The van der Waals surface area contributed by atoms with E-state index >= 15 is 0 Å². The summed E-state index contributed by atoms with van der Waals surface area (Å²) in [5, 5.41) is 44.4. The van der Waals surface area contributed by atoms with Crippen LogP contribution in [0.5, 0.6) is 17.2 Å². The quantitative estimate of drug-likeness (QED) is 0.0229. The van der Waals surface area contributed by atoms with Gasteiger partial charge in [-0.25, -0.2) is 4.79 Å². The Morgan fingerprint density at radius 1 is 0.638 bits per heavy atom. The van der Waals surface area contributed by atoms with Gasteiger partial charge < -0.3 is 56.1 Å². The topological polar surface area (TPSA) is 282 Å². The van der Waals surface area contributed by atoms with E-state index in [1.54, 1.807) is 29.7 Å². The lowest BCUT2D eigenvalue weighted by Gasteiger charge is -2.39. The maximum atomic E-state index is 14.4. The lowest BCUT2D eigenvalue weighted by molar-refractivity contribution is -0.137. The number of hydrogen-bond acceptors (Lipinski definition) is 15. The molecule has 5 atom stereocenters. The average molecular weight is 1290 g/mol. The molecule has 3 fully saturated rings. The molecule has 6 aromatic rings. The zero-order valence-electron chi connectivity index (χ0n) is 55.2. The zero-order chi connectivity index (χ0) is 67.2. The molecule has 4 heterocycles. The van der Waals surface area contributed by atoms with Gasteiger partial charge >= 0.3 is 6.09 Å². The second kappa shape index (κ2) is 31.7. The normalized spacial score (nSPS) is 17.2. The predicted octanol–water partition coefficient (Wildman–Crippen LogP) is 8.02. The maximum Gasteiger partial charge on any atom is 0.413 e. The molecule has 0 unspecified atom stereocenters. The van der Waals surface area contributed by atoms with Gasteiger partial charge in [0.25, 0.3) is 5.91 Å². The van der Waals surface area contributed by atoms with Gasteiger partial charge in [-0.1, -0.05) is 114 Å². The Labute approximate surface area is 550 Å². The number of benzene rings is 5. The number of rotatable bonds is 28. The number of nitrogens with one attached hydrogen (secondary N) is 5. The molecule has 1 aromatic heterocycles. The molecule has 5 aromatic carbocycles. The number of anilines is 1. The first-order valence-electron chi connectivity index (χ1n) is 33.0. The number of carbonyl (C=O) groups is 7. The molecular formula is C72H91N11O11. The van der Waals surface area contributed by atoms with Crippen molar-refractivity contribution in [3.8, 4) is 34.3 Å². The van der Waals surface area contributed by atoms with Gasteiger partial charge in [0.15, 0.2) is 11.6 Å². The monoisotopic (exact) mass is 1290 g/mol. The van der Waals surface area contributed by atoms with E-state index in [4.69, 9.17) is 9.47 Å². The van der Waals surface area contributed by atoms with E-state index in [0.29, 0.717) is 68.9 Å². The second-order valence-corrected chi connectivity index (χ2v) is 26.3. The van der Waals surface area contributed by atoms with Crippen LogP contribution in [0.1, 0.15) is 126 Å².